The quantitative estimate of drug-likeness (QED) is 0.504. The van der Waals surface area contributed by atoms with Crippen LogP contribution >= 0.6 is 11.3 Å². The number of aromatic nitrogens is 3. The highest BCUT2D eigenvalue weighted by Gasteiger charge is 2.24. The Balaban J connectivity index is 1.26. The lowest BCUT2D eigenvalue weighted by atomic mass is 10.1. The Labute approximate surface area is 179 Å². The summed E-state index contributed by atoms with van der Waals surface area (Å²) >= 11 is 1.61. The molecule has 4 aromatic rings. The molecule has 152 valence electrons. The average Bonchev–Trinajstić information content (AvgIpc) is 3.36. The molecule has 0 saturated carbocycles. The van der Waals surface area contributed by atoms with Gasteiger partial charge in [-0.2, -0.15) is 0 Å². The van der Waals surface area contributed by atoms with Crippen LogP contribution in [-0.2, 0) is 0 Å². The lowest BCUT2D eigenvalue weighted by Gasteiger charge is -2.34. The number of rotatable bonds is 3. The molecule has 1 aliphatic rings. The van der Waals surface area contributed by atoms with Crippen LogP contribution in [0.2, 0.25) is 0 Å². The monoisotopic (exact) mass is 417 g/mol. The molecule has 7 heteroatoms. The molecule has 0 spiro atoms. The van der Waals surface area contributed by atoms with E-state index in [1.54, 1.807) is 17.5 Å². The van der Waals surface area contributed by atoms with Gasteiger partial charge in [0, 0.05) is 55.0 Å². The van der Waals surface area contributed by atoms with Gasteiger partial charge in [0.25, 0.3) is 5.91 Å². The SMILES string of the molecule is Cc1ccc(C)n1-c1ccc(C(=O)N2CCN(c3nc4cccnc4s3)CC2)cc1. The molecule has 0 atom stereocenters. The Hall–Kier alpha value is -3.19. The largest absolute Gasteiger partial charge is 0.344 e. The second-order valence-corrected chi connectivity index (χ2v) is 8.56. The van der Waals surface area contributed by atoms with Crippen LogP contribution in [0, 0.1) is 13.8 Å². The molecule has 1 amide bonds. The molecular weight excluding hydrogens is 394 g/mol. The minimum absolute atomic E-state index is 0.0908. The van der Waals surface area contributed by atoms with Crippen LogP contribution in [0.15, 0.2) is 54.7 Å². The average molecular weight is 418 g/mol. The zero-order valence-electron chi connectivity index (χ0n) is 17.1. The molecule has 30 heavy (non-hydrogen) atoms. The van der Waals surface area contributed by atoms with Gasteiger partial charge in [-0.3, -0.25) is 4.79 Å². The zero-order chi connectivity index (χ0) is 20.7. The minimum Gasteiger partial charge on any atom is -0.344 e. The number of amides is 1. The van der Waals surface area contributed by atoms with Crippen LogP contribution in [-0.4, -0.2) is 51.5 Å². The lowest BCUT2D eigenvalue weighted by molar-refractivity contribution is 0.0747. The first-order chi connectivity index (χ1) is 14.6. The number of carbonyl (C=O) groups excluding carboxylic acids is 1. The second-order valence-electron chi connectivity index (χ2n) is 7.60. The maximum absolute atomic E-state index is 13.0. The highest BCUT2D eigenvalue weighted by molar-refractivity contribution is 7.21. The number of aryl methyl sites for hydroxylation is 2. The third-order valence-electron chi connectivity index (χ3n) is 5.64. The van der Waals surface area contributed by atoms with Crippen molar-refractivity contribution in [3.05, 3.63) is 71.7 Å². The van der Waals surface area contributed by atoms with Gasteiger partial charge in [0.05, 0.1) is 0 Å². The maximum Gasteiger partial charge on any atom is 0.253 e. The number of hydrogen-bond donors (Lipinski definition) is 0. The van der Waals surface area contributed by atoms with E-state index in [9.17, 15) is 4.79 Å². The number of thiazole rings is 1. The topological polar surface area (TPSA) is 54.3 Å². The number of hydrogen-bond acceptors (Lipinski definition) is 5. The molecular formula is C23H23N5OS. The van der Waals surface area contributed by atoms with Gasteiger partial charge in [-0.05, 0) is 62.4 Å². The van der Waals surface area contributed by atoms with Crippen molar-refractivity contribution >= 4 is 32.7 Å². The van der Waals surface area contributed by atoms with Crippen LogP contribution in [0.1, 0.15) is 21.7 Å². The van der Waals surface area contributed by atoms with Crippen LogP contribution in [0.25, 0.3) is 16.0 Å². The number of anilines is 1. The van der Waals surface area contributed by atoms with Gasteiger partial charge in [0.15, 0.2) is 5.13 Å². The van der Waals surface area contributed by atoms with E-state index in [4.69, 9.17) is 0 Å². The van der Waals surface area contributed by atoms with Gasteiger partial charge in [-0.15, -0.1) is 0 Å². The first-order valence-electron chi connectivity index (χ1n) is 10.1. The fourth-order valence-corrected chi connectivity index (χ4v) is 4.97. The summed E-state index contributed by atoms with van der Waals surface area (Å²) < 4.78 is 2.19. The molecule has 5 rings (SSSR count). The summed E-state index contributed by atoms with van der Waals surface area (Å²) in [5.41, 5.74) is 5.13. The van der Waals surface area contributed by atoms with Gasteiger partial charge < -0.3 is 14.4 Å². The molecule has 1 fully saturated rings. The Morgan fingerprint density at radius 1 is 0.933 bits per heavy atom. The summed E-state index contributed by atoms with van der Waals surface area (Å²) in [6.45, 7) is 7.14. The van der Waals surface area contributed by atoms with Gasteiger partial charge >= 0.3 is 0 Å². The summed E-state index contributed by atoms with van der Waals surface area (Å²) in [5.74, 6) is 0.0908. The third-order valence-corrected chi connectivity index (χ3v) is 6.68. The molecule has 0 bridgehead atoms. The van der Waals surface area contributed by atoms with Crippen molar-refractivity contribution < 1.29 is 4.79 Å². The standard InChI is InChI=1S/C23H23N5OS/c1-16-5-6-17(2)28(16)19-9-7-18(8-10-19)22(29)26-12-14-27(15-13-26)23-25-20-4-3-11-24-21(20)30-23/h3-11H,12-15H2,1-2H3. The number of nitrogens with zero attached hydrogens (tertiary/aromatic N) is 5. The Morgan fingerprint density at radius 3 is 2.30 bits per heavy atom. The molecule has 1 aliphatic heterocycles. The maximum atomic E-state index is 13.0. The van der Waals surface area contributed by atoms with Crippen LogP contribution in [0.4, 0.5) is 5.13 Å². The van der Waals surface area contributed by atoms with E-state index >= 15 is 0 Å². The number of benzene rings is 1. The van der Waals surface area contributed by atoms with E-state index in [2.05, 4.69) is 45.4 Å². The first kappa shape index (κ1) is 18.8. The summed E-state index contributed by atoms with van der Waals surface area (Å²) in [6.07, 6.45) is 1.80. The molecule has 0 radical (unpaired) electrons. The fourth-order valence-electron chi connectivity index (χ4n) is 4.01. The summed E-state index contributed by atoms with van der Waals surface area (Å²) in [6, 6.07) is 16.0. The van der Waals surface area contributed by atoms with Crippen LogP contribution < -0.4 is 4.90 Å². The fraction of sp³-hybridized carbons (Fsp3) is 0.261. The van der Waals surface area contributed by atoms with Gasteiger partial charge in [-0.25, -0.2) is 9.97 Å². The summed E-state index contributed by atoms with van der Waals surface area (Å²) in [5, 5.41) is 0.984. The first-order valence-corrected chi connectivity index (χ1v) is 10.9. The number of piperazine rings is 1. The smallest absolute Gasteiger partial charge is 0.253 e. The van der Waals surface area contributed by atoms with Crippen LogP contribution in [0.5, 0.6) is 0 Å². The highest BCUT2D eigenvalue weighted by atomic mass is 32.1. The van der Waals surface area contributed by atoms with Crippen molar-refractivity contribution in [2.24, 2.45) is 0 Å². The Morgan fingerprint density at radius 2 is 1.63 bits per heavy atom. The molecule has 6 nitrogen and oxygen atoms in total. The van der Waals surface area contributed by atoms with Gasteiger partial charge in [0.1, 0.15) is 10.3 Å². The molecule has 0 N–H and O–H groups in total. The van der Waals surface area contributed by atoms with E-state index in [1.165, 1.54) is 11.4 Å². The Kier molecular flexibility index (Phi) is 4.75. The minimum atomic E-state index is 0.0908. The Bertz CT molecular complexity index is 1150. The summed E-state index contributed by atoms with van der Waals surface area (Å²) in [7, 11) is 0. The van der Waals surface area contributed by atoms with E-state index < -0.39 is 0 Å². The van der Waals surface area contributed by atoms with E-state index in [-0.39, 0.29) is 5.91 Å². The molecule has 3 aromatic heterocycles. The van der Waals surface area contributed by atoms with E-state index in [0.717, 1.165) is 39.8 Å². The number of fused-ring (bicyclic) bond motifs is 1. The molecule has 1 saturated heterocycles. The highest BCUT2D eigenvalue weighted by Crippen LogP contribution is 2.28. The second kappa shape index (κ2) is 7.57. The number of pyridine rings is 1. The normalized spacial score (nSPS) is 14.5. The molecule has 4 heterocycles. The van der Waals surface area contributed by atoms with Gasteiger partial charge in [-0.1, -0.05) is 11.3 Å². The lowest BCUT2D eigenvalue weighted by Crippen LogP contribution is -2.48. The van der Waals surface area contributed by atoms with Crippen molar-refractivity contribution in [1.29, 1.82) is 0 Å². The van der Waals surface area contributed by atoms with Crippen LogP contribution in [0.3, 0.4) is 0 Å². The predicted octanol–water partition coefficient (Wildman–Crippen LogP) is 4.06. The van der Waals surface area contributed by atoms with E-state index in [1.807, 2.05) is 41.3 Å². The predicted molar refractivity (Wildman–Crippen MR) is 121 cm³/mol. The third kappa shape index (κ3) is 3.35. The molecule has 0 aliphatic carbocycles. The van der Waals surface area contributed by atoms with Gasteiger partial charge in [0.2, 0.25) is 0 Å². The molecule has 1 aromatic carbocycles. The van der Waals surface area contributed by atoms with Crippen molar-refractivity contribution in [3.8, 4) is 5.69 Å². The van der Waals surface area contributed by atoms with Crippen molar-refractivity contribution in [1.82, 2.24) is 19.4 Å². The number of carbonyl (C=O) groups is 1. The molecule has 0 unspecified atom stereocenters. The van der Waals surface area contributed by atoms with Crippen molar-refractivity contribution in [2.75, 3.05) is 31.1 Å². The zero-order valence-corrected chi connectivity index (χ0v) is 17.9. The van der Waals surface area contributed by atoms with Crippen molar-refractivity contribution in [3.63, 3.8) is 0 Å². The summed E-state index contributed by atoms with van der Waals surface area (Å²) in [4.78, 5) is 27.2. The van der Waals surface area contributed by atoms with Crippen molar-refractivity contribution in [2.45, 2.75) is 13.8 Å². The van der Waals surface area contributed by atoms with E-state index in [0.29, 0.717) is 13.1 Å².